The summed E-state index contributed by atoms with van der Waals surface area (Å²) in [6.45, 7) is 2.99. The molecule has 3 aromatic rings. The molecule has 5 rings (SSSR count). The predicted octanol–water partition coefficient (Wildman–Crippen LogP) is 4.38. The zero-order chi connectivity index (χ0) is 19.8. The van der Waals surface area contributed by atoms with Gasteiger partial charge in [0.25, 0.3) is 0 Å². The Morgan fingerprint density at radius 1 is 1.17 bits per heavy atom. The number of aryl methyl sites for hydroxylation is 3. The van der Waals surface area contributed by atoms with Crippen LogP contribution in [0.1, 0.15) is 29.1 Å². The molecule has 3 heterocycles. The summed E-state index contributed by atoms with van der Waals surface area (Å²) >= 11 is 3.27. The lowest BCUT2D eigenvalue weighted by atomic mass is 9.97. The third-order valence-electron chi connectivity index (χ3n) is 5.06. The first kappa shape index (κ1) is 18.7. The number of benzene rings is 1. The molecular weight excluding hydrogens is 406 g/mol. The van der Waals surface area contributed by atoms with Crippen LogP contribution in [0.5, 0.6) is 11.5 Å². The summed E-state index contributed by atoms with van der Waals surface area (Å²) in [6.07, 6.45) is 4.66. The number of aromatic nitrogens is 2. The molecule has 150 valence electrons. The molecule has 2 aliphatic rings. The van der Waals surface area contributed by atoms with Gasteiger partial charge in [0.05, 0.1) is 5.75 Å². The van der Waals surface area contributed by atoms with Crippen LogP contribution in [0.2, 0.25) is 0 Å². The second-order valence-electron chi connectivity index (χ2n) is 7.16. The number of amides is 1. The molecule has 29 heavy (non-hydrogen) atoms. The van der Waals surface area contributed by atoms with E-state index >= 15 is 0 Å². The predicted molar refractivity (Wildman–Crippen MR) is 116 cm³/mol. The van der Waals surface area contributed by atoms with E-state index in [-0.39, 0.29) is 5.91 Å². The van der Waals surface area contributed by atoms with Gasteiger partial charge < -0.3 is 14.8 Å². The average molecular weight is 428 g/mol. The van der Waals surface area contributed by atoms with Crippen LogP contribution < -0.4 is 14.8 Å². The third-order valence-corrected chi connectivity index (χ3v) is 7.22. The zero-order valence-corrected chi connectivity index (χ0v) is 17.8. The van der Waals surface area contributed by atoms with Crippen LogP contribution in [0.3, 0.4) is 0 Å². The Labute approximate surface area is 177 Å². The molecule has 0 spiro atoms. The lowest BCUT2D eigenvalue weighted by Crippen LogP contribution is -2.17. The zero-order valence-electron chi connectivity index (χ0n) is 16.1. The SMILES string of the molecule is Cc1nc(SCC(=O)Nc2ccc3c(c2)OCCO3)c2c3c(sc2n1)CCCC3. The number of hydrogen-bond donors (Lipinski definition) is 1. The minimum absolute atomic E-state index is 0.0693. The monoisotopic (exact) mass is 427 g/mol. The van der Waals surface area contributed by atoms with E-state index in [2.05, 4.69) is 15.3 Å². The number of nitrogens with zero attached hydrogens (tertiary/aromatic N) is 2. The highest BCUT2D eigenvalue weighted by Gasteiger charge is 2.21. The number of carbonyl (C=O) groups is 1. The summed E-state index contributed by atoms with van der Waals surface area (Å²) in [6, 6.07) is 5.46. The van der Waals surface area contributed by atoms with E-state index in [4.69, 9.17) is 9.47 Å². The smallest absolute Gasteiger partial charge is 0.234 e. The fraction of sp³-hybridized carbons (Fsp3) is 0.381. The van der Waals surface area contributed by atoms with E-state index in [1.54, 1.807) is 17.4 Å². The van der Waals surface area contributed by atoms with Crippen LogP contribution >= 0.6 is 23.1 Å². The van der Waals surface area contributed by atoms with Crippen molar-refractivity contribution in [2.45, 2.75) is 37.6 Å². The van der Waals surface area contributed by atoms with Crippen molar-refractivity contribution in [3.8, 4) is 11.5 Å². The topological polar surface area (TPSA) is 73.3 Å². The molecule has 1 aromatic carbocycles. The standard InChI is InChI=1S/C21H21N3O3S2/c1-12-22-20(19-14-4-2-3-5-17(14)29-21(19)23-12)28-11-18(25)24-13-6-7-15-16(10-13)27-9-8-26-15/h6-7,10H,2-5,8-9,11H2,1H3,(H,24,25). The number of rotatable bonds is 4. The quantitative estimate of drug-likeness (QED) is 0.492. The first-order valence-corrected chi connectivity index (χ1v) is 11.6. The van der Waals surface area contributed by atoms with Crippen molar-refractivity contribution in [2.24, 2.45) is 0 Å². The van der Waals surface area contributed by atoms with E-state index in [1.165, 1.54) is 35.0 Å². The van der Waals surface area contributed by atoms with Gasteiger partial charge in [-0.3, -0.25) is 4.79 Å². The summed E-state index contributed by atoms with van der Waals surface area (Å²) in [5.74, 6) is 2.36. The van der Waals surface area contributed by atoms with Crippen LogP contribution in [0.25, 0.3) is 10.2 Å². The van der Waals surface area contributed by atoms with E-state index in [0.29, 0.717) is 36.2 Å². The van der Waals surface area contributed by atoms with E-state index in [9.17, 15) is 4.79 Å². The summed E-state index contributed by atoms with van der Waals surface area (Å²) in [7, 11) is 0. The van der Waals surface area contributed by atoms with Crippen molar-refractivity contribution < 1.29 is 14.3 Å². The van der Waals surface area contributed by atoms with Gasteiger partial charge in [0.2, 0.25) is 5.91 Å². The molecule has 0 bridgehead atoms. The molecule has 2 aromatic heterocycles. The van der Waals surface area contributed by atoms with E-state index < -0.39 is 0 Å². The molecule has 1 aliphatic heterocycles. The number of hydrogen-bond acceptors (Lipinski definition) is 7. The Morgan fingerprint density at radius 3 is 2.90 bits per heavy atom. The Kier molecular flexibility index (Phi) is 5.05. The van der Waals surface area contributed by atoms with Gasteiger partial charge in [-0.2, -0.15) is 0 Å². The fourth-order valence-corrected chi connectivity index (χ4v) is 6.05. The molecule has 1 amide bonds. The molecule has 0 radical (unpaired) electrons. The van der Waals surface area contributed by atoms with Crippen LogP contribution in [-0.4, -0.2) is 34.8 Å². The number of anilines is 1. The lowest BCUT2D eigenvalue weighted by molar-refractivity contribution is -0.113. The molecular formula is C21H21N3O3S2. The van der Waals surface area contributed by atoms with Crippen molar-refractivity contribution >= 4 is 44.9 Å². The average Bonchev–Trinajstić information content (AvgIpc) is 3.10. The van der Waals surface area contributed by atoms with Crippen LogP contribution in [0, 0.1) is 6.92 Å². The highest BCUT2D eigenvalue weighted by Crippen LogP contribution is 2.39. The first-order chi connectivity index (χ1) is 14.2. The van der Waals surface area contributed by atoms with E-state index in [1.807, 2.05) is 19.1 Å². The minimum Gasteiger partial charge on any atom is -0.486 e. The molecule has 0 unspecified atom stereocenters. The van der Waals surface area contributed by atoms with Crippen molar-refractivity contribution in [1.29, 1.82) is 0 Å². The summed E-state index contributed by atoms with van der Waals surface area (Å²) in [5.41, 5.74) is 2.10. The molecule has 6 nitrogen and oxygen atoms in total. The molecule has 1 N–H and O–H groups in total. The number of fused-ring (bicyclic) bond motifs is 4. The maximum absolute atomic E-state index is 12.6. The van der Waals surface area contributed by atoms with Crippen LogP contribution in [0.4, 0.5) is 5.69 Å². The third kappa shape index (κ3) is 3.79. The number of carbonyl (C=O) groups excluding carboxylic acids is 1. The Morgan fingerprint density at radius 2 is 2.00 bits per heavy atom. The second-order valence-corrected chi connectivity index (χ2v) is 9.21. The summed E-state index contributed by atoms with van der Waals surface area (Å²) in [4.78, 5) is 24.4. The summed E-state index contributed by atoms with van der Waals surface area (Å²) in [5, 5.41) is 5.03. The van der Waals surface area contributed by atoms with Gasteiger partial charge in [-0.1, -0.05) is 11.8 Å². The van der Waals surface area contributed by atoms with Gasteiger partial charge in [0.1, 0.15) is 28.9 Å². The number of nitrogens with one attached hydrogen (secondary N) is 1. The Bertz CT molecular complexity index is 1100. The lowest BCUT2D eigenvalue weighted by Gasteiger charge is -2.19. The Balaban J connectivity index is 1.33. The largest absolute Gasteiger partial charge is 0.486 e. The molecule has 0 fully saturated rings. The van der Waals surface area contributed by atoms with Gasteiger partial charge in [-0.05, 0) is 50.3 Å². The van der Waals surface area contributed by atoms with Gasteiger partial charge in [0, 0.05) is 22.0 Å². The first-order valence-electron chi connectivity index (χ1n) is 9.78. The van der Waals surface area contributed by atoms with E-state index in [0.717, 1.165) is 33.9 Å². The van der Waals surface area contributed by atoms with Crippen molar-refractivity contribution in [2.75, 3.05) is 24.3 Å². The molecule has 1 aliphatic carbocycles. The van der Waals surface area contributed by atoms with Gasteiger partial charge in [-0.15, -0.1) is 11.3 Å². The summed E-state index contributed by atoms with van der Waals surface area (Å²) < 4.78 is 11.1. The highest BCUT2D eigenvalue weighted by molar-refractivity contribution is 8.00. The normalized spacial score (nSPS) is 15.2. The molecule has 0 saturated heterocycles. The van der Waals surface area contributed by atoms with Gasteiger partial charge in [0.15, 0.2) is 11.5 Å². The van der Waals surface area contributed by atoms with Crippen molar-refractivity contribution in [1.82, 2.24) is 9.97 Å². The van der Waals surface area contributed by atoms with Gasteiger partial charge in [-0.25, -0.2) is 9.97 Å². The fourth-order valence-electron chi connectivity index (χ4n) is 3.78. The van der Waals surface area contributed by atoms with Gasteiger partial charge >= 0.3 is 0 Å². The van der Waals surface area contributed by atoms with Crippen molar-refractivity contribution in [3.05, 3.63) is 34.5 Å². The number of ether oxygens (including phenoxy) is 2. The van der Waals surface area contributed by atoms with Crippen molar-refractivity contribution in [3.63, 3.8) is 0 Å². The minimum atomic E-state index is -0.0693. The Hall–Kier alpha value is -2.32. The second kappa shape index (κ2) is 7.84. The maximum atomic E-state index is 12.6. The molecule has 8 heteroatoms. The van der Waals surface area contributed by atoms with Crippen LogP contribution in [-0.2, 0) is 17.6 Å². The number of thioether (sulfide) groups is 1. The molecule has 0 saturated carbocycles. The maximum Gasteiger partial charge on any atom is 0.234 e. The van der Waals surface area contributed by atoms with Crippen LogP contribution in [0.15, 0.2) is 23.2 Å². The highest BCUT2D eigenvalue weighted by atomic mass is 32.2. The molecule has 0 atom stereocenters. The number of thiophene rings is 1.